The molecule has 0 unspecified atom stereocenters. The van der Waals surface area contributed by atoms with E-state index in [1.54, 1.807) is 19.1 Å². The maximum atomic E-state index is 13.1. The Morgan fingerprint density at radius 1 is 1.58 bits per heavy atom. The van der Waals surface area contributed by atoms with Gasteiger partial charge in [-0.25, -0.2) is 4.39 Å². The van der Waals surface area contributed by atoms with Crippen molar-refractivity contribution in [3.63, 3.8) is 0 Å². The third-order valence-electron chi connectivity index (χ3n) is 1.68. The fraction of sp³-hybridized carbons (Fsp3) is 0.250. The highest BCUT2D eigenvalue weighted by Gasteiger charge is 2.12. The van der Waals surface area contributed by atoms with Crippen molar-refractivity contribution in [2.75, 3.05) is 0 Å². The number of benzene rings is 1. The molecule has 0 fully saturated rings. The minimum atomic E-state index is -0.340. The van der Waals surface area contributed by atoms with Gasteiger partial charge in [-0.05, 0) is 19.1 Å². The zero-order valence-corrected chi connectivity index (χ0v) is 7.40. The van der Waals surface area contributed by atoms with Crippen molar-refractivity contribution >= 4 is 11.6 Å². The van der Waals surface area contributed by atoms with Gasteiger partial charge in [0.05, 0.1) is 0 Å². The highest BCUT2D eigenvalue weighted by atomic mass is 35.5. The summed E-state index contributed by atoms with van der Waals surface area (Å²) in [5.41, 5.74) is 2.84. The van der Waals surface area contributed by atoms with Gasteiger partial charge in [0.1, 0.15) is 5.82 Å². The average molecular weight is 189 g/mol. The molecule has 0 aliphatic carbocycles. The lowest BCUT2D eigenvalue weighted by Crippen LogP contribution is -2.26. The van der Waals surface area contributed by atoms with E-state index in [4.69, 9.17) is 17.4 Å². The van der Waals surface area contributed by atoms with Crippen LogP contribution in [-0.4, -0.2) is 0 Å². The number of hydrazine groups is 1. The molecule has 2 nitrogen and oxygen atoms in total. The van der Waals surface area contributed by atoms with Crippen molar-refractivity contribution in [2.24, 2.45) is 5.84 Å². The Morgan fingerprint density at radius 3 is 2.75 bits per heavy atom. The Bertz CT molecular complexity index is 258. The normalized spacial score (nSPS) is 13.0. The molecule has 0 amide bonds. The van der Waals surface area contributed by atoms with Crippen molar-refractivity contribution in [1.29, 1.82) is 0 Å². The van der Waals surface area contributed by atoms with Crippen LogP contribution in [0.1, 0.15) is 18.5 Å². The van der Waals surface area contributed by atoms with Crippen molar-refractivity contribution in [1.82, 2.24) is 5.43 Å². The standard InChI is InChI=1S/C8H10ClFN2/c1-5(12-11)8-6(9)3-2-4-7(8)10/h2-5,12H,11H2,1H3/t5-/m0/s1. The zero-order chi connectivity index (χ0) is 9.14. The summed E-state index contributed by atoms with van der Waals surface area (Å²) in [6.45, 7) is 1.74. The van der Waals surface area contributed by atoms with E-state index >= 15 is 0 Å². The molecule has 4 heteroatoms. The second-order valence-corrected chi connectivity index (χ2v) is 2.93. The molecule has 1 rings (SSSR count). The summed E-state index contributed by atoms with van der Waals surface area (Å²) in [5, 5.41) is 0.389. The molecule has 0 aromatic heterocycles. The Hall–Kier alpha value is -0.640. The second kappa shape index (κ2) is 3.85. The van der Waals surface area contributed by atoms with Gasteiger partial charge in [0.25, 0.3) is 0 Å². The van der Waals surface area contributed by atoms with Gasteiger partial charge in [0, 0.05) is 16.6 Å². The summed E-state index contributed by atoms with van der Waals surface area (Å²) >= 11 is 5.77. The molecule has 0 saturated heterocycles. The minimum absolute atomic E-state index is 0.279. The number of halogens is 2. The second-order valence-electron chi connectivity index (χ2n) is 2.52. The van der Waals surface area contributed by atoms with Gasteiger partial charge in [0.2, 0.25) is 0 Å². The molecule has 66 valence electrons. The fourth-order valence-corrected chi connectivity index (χ4v) is 1.33. The molecule has 0 saturated carbocycles. The van der Waals surface area contributed by atoms with Gasteiger partial charge in [-0.1, -0.05) is 17.7 Å². The summed E-state index contributed by atoms with van der Waals surface area (Å²) in [5.74, 6) is 4.83. The molecular weight excluding hydrogens is 179 g/mol. The average Bonchev–Trinajstić information content (AvgIpc) is 2.03. The van der Waals surface area contributed by atoms with Crippen LogP contribution in [0.15, 0.2) is 18.2 Å². The monoisotopic (exact) mass is 188 g/mol. The third kappa shape index (κ3) is 1.75. The highest BCUT2D eigenvalue weighted by molar-refractivity contribution is 6.31. The first kappa shape index (κ1) is 9.45. The van der Waals surface area contributed by atoms with Crippen LogP contribution < -0.4 is 11.3 Å². The summed E-state index contributed by atoms with van der Waals surface area (Å²) in [4.78, 5) is 0. The van der Waals surface area contributed by atoms with E-state index < -0.39 is 0 Å². The Kier molecular flexibility index (Phi) is 3.03. The lowest BCUT2D eigenvalue weighted by Gasteiger charge is -2.12. The van der Waals surface area contributed by atoms with E-state index in [9.17, 15) is 4.39 Å². The Morgan fingerprint density at radius 2 is 2.25 bits per heavy atom. The first-order valence-corrected chi connectivity index (χ1v) is 3.94. The quantitative estimate of drug-likeness (QED) is 0.551. The molecule has 0 aliphatic heterocycles. The molecule has 1 atom stereocenters. The summed E-state index contributed by atoms with van der Waals surface area (Å²) in [6.07, 6.45) is 0. The van der Waals surface area contributed by atoms with Crippen LogP contribution in [0.5, 0.6) is 0 Å². The lowest BCUT2D eigenvalue weighted by atomic mass is 10.1. The van der Waals surface area contributed by atoms with Crippen molar-refractivity contribution in [2.45, 2.75) is 13.0 Å². The molecule has 0 aliphatic rings. The first-order valence-electron chi connectivity index (χ1n) is 3.57. The zero-order valence-electron chi connectivity index (χ0n) is 6.64. The highest BCUT2D eigenvalue weighted by Crippen LogP contribution is 2.24. The molecule has 3 N–H and O–H groups in total. The number of hydrogen-bond acceptors (Lipinski definition) is 2. The number of hydrogen-bond donors (Lipinski definition) is 2. The van der Waals surface area contributed by atoms with Crippen LogP contribution in [0.2, 0.25) is 5.02 Å². The smallest absolute Gasteiger partial charge is 0.129 e. The van der Waals surface area contributed by atoms with Crippen LogP contribution in [0.25, 0.3) is 0 Å². The molecule has 1 aromatic carbocycles. The Labute approximate surface area is 75.5 Å². The molecule has 12 heavy (non-hydrogen) atoms. The van der Waals surface area contributed by atoms with Crippen LogP contribution in [0.4, 0.5) is 4.39 Å². The van der Waals surface area contributed by atoms with E-state index in [0.29, 0.717) is 10.6 Å². The number of nitrogens with two attached hydrogens (primary N) is 1. The predicted molar refractivity (Wildman–Crippen MR) is 47.1 cm³/mol. The van der Waals surface area contributed by atoms with E-state index in [1.165, 1.54) is 6.07 Å². The van der Waals surface area contributed by atoms with Gasteiger partial charge in [-0.2, -0.15) is 0 Å². The molecule has 0 radical (unpaired) electrons. The van der Waals surface area contributed by atoms with Crippen molar-refractivity contribution in [3.05, 3.63) is 34.6 Å². The third-order valence-corrected chi connectivity index (χ3v) is 2.01. The maximum absolute atomic E-state index is 13.1. The number of nitrogens with one attached hydrogen (secondary N) is 1. The van der Waals surface area contributed by atoms with Crippen molar-refractivity contribution in [3.8, 4) is 0 Å². The van der Waals surface area contributed by atoms with Crippen LogP contribution >= 0.6 is 11.6 Å². The summed E-state index contributed by atoms with van der Waals surface area (Å²) < 4.78 is 13.1. The van der Waals surface area contributed by atoms with Gasteiger partial charge >= 0.3 is 0 Å². The lowest BCUT2D eigenvalue weighted by molar-refractivity contribution is 0.542. The molecule has 0 bridgehead atoms. The topological polar surface area (TPSA) is 38.0 Å². The van der Waals surface area contributed by atoms with E-state index in [1.807, 2.05) is 0 Å². The predicted octanol–water partition coefficient (Wildman–Crippen LogP) is 2.00. The molecule has 1 aromatic rings. The van der Waals surface area contributed by atoms with Gasteiger partial charge < -0.3 is 0 Å². The van der Waals surface area contributed by atoms with E-state index in [0.717, 1.165) is 0 Å². The van der Waals surface area contributed by atoms with Gasteiger partial charge in [-0.15, -0.1) is 0 Å². The van der Waals surface area contributed by atoms with Crippen LogP contribution in [-0.2, 0) is 0 Å². The molecular formula is C8H10ClFN2. The SMILES string of the molecule is C[C@H](NN)c1c(F)cccc1Cl. The first-order chi connectivity index (χ1) is 5.66. The van der Waals surface area contributed by atoms with E-state index in [2.05, 4.69) is 5.43 Å². The number of rotatable bonds is 2. The van der Waals surface area contributed by atoms with Crippen LogP contribution in [0, 0.1) is 5.82 Å². The molecule has 0 heterocycles. The summed E-state index contributed by atoms with van der Waals surface area (Å²) in [7, 11) is 0. The summed E-state index contributed by atoms with van der Waals surface area (Å²) in [6, 6.07) is 4.27. The largest absolute Gasteiger partial charge is 0.271 e. The van der Waals surface area contributed by atoms with Gasteiger partial charge in [0.15, 0.2) is 0 Å². The fourth-order valence-electron chi connectivity index (χ4n) is 1.01. The maximum Gasteiger partial charge on any atom is 0.129 e. The van der Waals surface area contributed by atoms with E-state index in [-0.39, 0.29) is 11.9 Å². The molecule has 0 spiro atoms. The Balaban J connectivity index is 3.12. The van der Waals surface area contributed by atoms with Crippen LogP contribution in [0.3, 0.4) is 0 Å². The van der Waals surface area contributed by atoms with Crippen molar-refractivity contribution < 1.29 is 4.39 Å². The van der Waals surface area contributed by atoms with Gasteiger partial charge in [-0.3, -0.25) is 11.3 Å². The minimum Gasteiger partial charge on any atom is -0.271 e.